The number of aromatic nitrogens is 1. The number of hydrogen-bond acceptors (Lipinski definition) is 3. The molecule has 20 heavy (non-hydrogen) atoms. The predicted molar refractivity (Wildman–Crippen MR) is 77.6 cm³/mol. The molecular weight excluding hydrogens is 252 g/mol. The van der Waals surface area contributed by atoms with Crippen molar-refractivity contribution < 1.29 is 4.79 Å². The van der Waals surface area contributed by atoms with Gasteiger partial charge in [-0.1, -0.05) is 0 Å². The fraction of sp³-hybridized carbons (Fsp3) is 0.667. The van der Waals surface area contributed by atoms with Gasteiger partial charge in [0.2, 0.25) is 0 Å². The minimum Gasteiger partial charge on any atom is -0.397 e. The van der Waals surface area contributed by atoms with Crippen molar-refractivity contribution in [2.45, 2.75) is 50.2 Å². The molecule has 108 valence electrons. The van der Waals surface area contributed by atoms with Crippen LogP contribution in [0.15, 0.2) is 12.3 Å². The number of rotatable bonds is 3. The smallest absolute Gasteiger partial charge is 0.268 e. The van der Waals surface area contributed by atoms with Crippen LogP contribution in [0.3, 0.4) is 0 Å². The zero-order valence-corrected chi connectivity index (χ0v) is 11.7. The molecule has 2 aliphatic heterocycles. The highest BCUT2D eigenvalue weighted by molar-refractivity contribution is 5.94. The number of nitrogens with two attached hydrogens (primary N) is 1. The van der Waals surface area contributed by atoms with Gasteiger partial charge in [0.1, 0.15) is 5.69 Å². The van der Waals surface area contributed by atoms with Crippen LogP contribution >= 0.6 is 0 Å². The summed E-state index contributed by atoms with van der Waals surface area (Å²) in [5, 5.41) is 3.25. The van der Waals surface area contributed by atoms with Crippen molar-refractivity contribution in [1.29, 1.82) is 0 Å². The fourth-order valence-corrected chi connectivity index (χ4v) is 3.83. The van der Waals surface area contributed by atoms with Gasteiger partial charge in [0.05, 0.1) is 5.69 Å². The lowest BCUT2D eigenvalue weighted by molar-refractivity contribution is 0.0920. The standard InChI is InChI=1S/C15H22N4O/c16-10-8-14(19(9-10)11-3-4-11)15(20)17-12-5-7-18-6-1-2-13(12)18/h8-9,11-13H,1-7,16H2,(H,17,20). The van der Waals surface area contributed by atoms with Crippen molar-refractivity contribution in [2.24, 2.45) is 0 Å². The first kappa shape index (κ1) is 12.3. The van der Waals surface area contributed by atoms with E-state index in [4.69, 9.17) is 5.73 Å². The molecule has 5 heteroatoms. The van der Waals surface area contributed by atoms with Crippen molar-refractivity contribution in [3.63, 3.8) is 0 Å². The maximum Gasteiger partial charge on any atom is 0.268 e. The molecular formula is C15H22N4O. The van der Waals surface area contributed by atoms with Crippen molar-refractivity contribution in [1.82, 2.24) is 14.8 Å². The van der Waals surface area contributed by atoms with E-state index in [1.807, 2.05) is 12.3 Å². The lowest BCUT2D eigenvalue weighted by Crippen LogP contribution is -2.42. The van der Waals surface area contributed by atoms with E-state index in [0.717, 1.165) is 31.5 Å². The maximum absolute atomic E-state index is 12.5. The molecule has 5 nitrogen and oxygen atoms in total. The Kier molecular flexibility index (Phi) is 2.77. The molecule has 4 rings (SSSR count). The summed E-state index contributed by atoms with van der Waals surface area (Å²) in [5.74, 6) is 0.0485. The molecule has 2 unspecified atom stereocenters. The first-order chi connectivity index (χ1) is 9.72. The monoisotopic (exact) mass is 274 g/mol. The molecule has 2 saturated heterocycles. The predicted octanol–water partition coefficient (Wildman–Crippen LogP) is 1.37. The Hall–Kier alpha value is -1.49. The van der Waals surface area contributed by atoms with Gasteiger partial charge in [-0.15, -0.1) is 0 Å². The summed E-state index contributed by atoms with van der Waals surface area (Å²) in [6.07, 6.45) is 7.79. The van der Waals surface area contributed by atoms with Gasteiger partial charge in [0.15, 0.2) is 0 Å². The molecule has 3 heterocycles. The summed E-state index contributed by atoms with van der Waals surface area (Å²) in [6, 6.07) is 3.17. The molecule has 1 saturated carbocycles. The topological polar surface area (TPSA) is 63.3 Å². The number of nitrogens with zero attached hydrogens (tertiary/aromatic N) is 2. The van der Waals surface area contributed by atoms with E-state index in [1.165, 1.54) is 19.4 Å². The molecule has 3 fully saturated rings. The SMILES string of the molecule is Nc1cc(C(=O)NC2CCN3CCCC23)n(C2CC2)c1. The van der Waals surface area contributed by atoms with E-state index < -0.39 is 0 Å². The first-order valence-corrected chi connectivity index (χ1v) is 7.74. The molecule has 1 aromatic heterocycles. The molecule has 1 amide bonds. The third kappa shape index (κ3) is 2.00. The molecule has 0 spiro atoms. The van der Waals surface area contributed by atoms with E-state index in [0.29, 0.717) is 23.8 Å². The van der Waals surface area contributed by atoms with Crippen LogP contribution in [0, 0.1) is 0 Å². The molecule has 0 aromatic carbocycles. The summed E-state index contributed by atoms with van der Waals surface area (Å²) >= 11 is 0. The van der Waals surface area contributed by atoms with E-state index in [2.05, 4.69) is 14.8 Å². The van der Waals surface area contributed by atoms with Crippen molar-refractivity contribution >= 4 is 11.6 Å². The van der Waals surface area contributed by atoms with Gasteiger partial charge >= 0.3 is 0 Å². The Balaban J connectivity index is 1.50. The van der Waals surface area contributed by atoms with Crippen molar-refractivity contribution in [3.8, 4) is 0 Å². The Morgan fingerprint density at radius 3 is 2.90 bits per heavy atom. The third-order valence-electron chi connectivity index (χ3n) is 4.97. The number of nitrogen functional groups attached to an aromatic ring is 1. The summed E-state index contributed by atoms with van der Waals surface area (Å²) in [6.45, 7) is 2.32. The van der Waals surface area contributed by atoms with Crippen LogP contribution in [0.1, 0.15) is 48.6 Å². The number of nitrogens with one attached hydrogen (secondary N) is 1. The van der Waals surface area contributed by atoms with Crippen molar-refractivity contribution in [3.05, 3.63) is 18.0 Å². The second-order valence-corrected chi connectivity index (χ2v) is 6.41. The van der Waals surface area contributed by atoms with Crippen LogP contribution in [-0.2, 0) is 0 Å². The molecule has 1 aromatic rings. The van der Waals surface area contributed by atoms with Crippen LogP contribution in [0.25, 0.3) is 0 Å². The van der Waals surface area contributed by atoms with Crippen LogP contribution in [0.2, 0.25) is 0 Å². The number of hydrogen-bond donors (Lipinski definition) is 2. The van der Waals surface area contributed by atoms with Crippen LogP contribution in [0.4, 0.5) is 5.69 Å². The average Bonchev–Trinajstić information content (AvgIpc) is 2.86. The third-order valence-corrected chi connectivity index (χ3v) is 4.97. The number of fused-ring (bicyclic) bond motifs is 1. The number of carbonyl (C=O) groups is 1. The average molecular weight is 274 g/mol. The van der Waals surface area contributed by atoms with Crippen LogP contribution in [0.5, 0.6) is 0 Å². The lowest BCUT2D eigenvalue weighted by atomic mass is 10.1. The Morgan fingerprint density at radius 2 is 2.10 bits per heavy atom. The van der Waals surface area contributed by atoms with Gasteiger partial charge in [0.25, 0.3) is 5.91 Å². The van der Waals surface area contributed by atoms with Crippen LogP contribution in [-0.4, -0.2) is 40.5 Å². The summed E-state index contributed by atoms with van der Waals surface area (Å²) in [7, 11) is 0. The molecule has 0 bridgehead atoms. The zero-order valence-electron chi connectivity index (χ0n) is 11.7. The van der Waals surface area contributed by atoms with E-state index in [1.54, 1.807) is 0 Å². The second-order valence-electron chi connectivity index (χ2n) is 6.41. The summed E-state index contributed by atoms with van der Waals surface area (Å²) in [4.78, 5) is 15.1. The molecule has 3 aliphatic rings. The fourth-order valence-electron chi connectivity index (χ4n) is 3.83. The quantitative estimate of drug-likeness (QED) is 0.875. The highest BCUT2D eigenvalue weighted by atomic mass is 16.2. The normalized spacial score (nSPS) is 29.6. The summed E-state index contributed by atoms with van der Waals surface area (Å²) < 4.78 is 2.06. The Labute approximate surface area is 119 Å². The van der Waals surface area contributed by atoms with Gasteiger partial charge in [-0.3, -0.25) is 9.69 Å². The minimum absolute atomic E-state index is 0.0485. The zero-order chi connectivity index (χ0) is 13.7. The number of carbonyl (C=O) groups excluding carboxylic acids is 1. The maximum atomic E-state index is 12.5. The Morgan fingerprint density at radius 1 is 1.25 bits per heavy atom. The van der Waals surface area contributed by atoms with Gasteiger partial charge in [-0.05, 0) is 44.7 Å². The van der Waals surface area contributed by atoms with E-state index >= 15 is 0 Å². The lowest BCUT2D eigenvalue weighted by Gasteiger charge is -2.21. The highest BCUT2D eigenvalue weighted by Crippen LogP contribution is 2.37. The highest BCUT2D eigenvalue weighted by Gasteiger charge is 2.38. The van der Waals surface area contributed by atoms with Crippen molar-refractivity contribution in [2.75, 3.05) is 18.8 Å². The second kappa shape index (κ2) is 4.52. The largest absolute Gasteiger partial charge is 0.397 e. The molecule has 2 atom stereocenters. The number of anilines is 1. The number of amides is 1. The van der Waals surface area contributed by atoms with E-state index in [-0.39, 0.29) is 5.91 Å². The van der Waals surface area contributed by atoms with Gasteiger partial charge < -0.3 is 15.6 Å². The molecule has 3 N–H and O–H groups in total. The van der Waals surface area contributed by atoms with Gasteiger partial charge in [-0.25, -0.2) is 0 Å². The summed E-state index contributed by atoms with van der Waals surface area (Å²) in [5.41, 5.74) is 7.30. The van der Waals surface area contributed by atoms with E-state index in [9.17, 15) is 4.79 Å². The van der Waals surface area contributed by atoms with Crippen LogP contribution < -0.4 is 11.1 Å². The molecule has 0 radical (unpaired) electrons. The minimum atomic E-state index is 0.0485. The molecule has 1 aliphatic carbocycles. The van der Waals surface area contributed by atoms with Gasteiger partial charge in [0, 0.05) is 30.9 Å². The Bertz CT molecular complexity index is 534. The van der Waals surface area contributed by atoms with Gasteiger partial charge in [-0.2, -0.15) is 0 Å². The first-order valence-electron chi connectivity index (χ1n) is 7.74.